The van der Waals surface area contributed by atoms with Gasteiger partial charge in [-0.15, -0.1) is 0 Å². The minimum atomic E-state index is -0.260. The van der Waals surface area contributed by atoms with Gasteiger partial charge in [-0.1, -0.05) is 35.5 Å². The first kappa shape index (κ1) is 11.3. The van der Waals surface area contributed by atoms with Crippen molar-refractivity contribution in [2.75, 3.05) is 6.54 Å². The van der Waals surface area contributed by atoms with Crippen LogP contribution in [0.2, 0.25) is 0 Å². The molecule has 0 aliphatic carbocycles. The second kappa shape index (κ2) is 5.22. The van der Waals surface area contributed by atoms with Gasteiger partial charge in [0, 0.05) is 5.56 Å². The predicted octanol–water partition coefficient (Wildman–Crippen LogP) is 0.311. The number of benzene rings is 1. The van der Waals surface area contributed by atoms with Crippen molar-refractivity contribution in [1.82, 2.24) is 15.5 Å². The van der Waals surface area contributed by atoms with Gasteiger partial charge in [0.1, 0.15) is 0 Å². The Labute approximate surface area is 97.8 Å². The summed E-state index contributed by atoms with van der Waals surface area (Å²) in [6.07, 6.45) is 0. The summed E-state index contributed by atoms with van der Waals surface area (Å²) in [4.78, 5) is 15.1. The van der Waals surface area contributed by atoms with Crippen molar-refractivity contribution in [3.63, 3.8) is 0 Å². The Morgan fingerprint density at radius 1 is 1.35 bits per heavy atom. The molecule has 0 fully saturated rings. The highest BCUT2D eigenvalue weighted by Gasteiger charge is 2.08. The van der Waals surface area contributed by atoms with E-state index in [0.29, 0.717) is 11.7 Å². The molecule has 6 nitrogen and oxygen atoms in total. The molecule has 2 aromatic rings. The molecule has 1 aromatic heterocycles. The molecule has 2 rings (SSSR count). The lowest BCUT2D eigenvalue weighted by molar-refractivity contribution is -0.120. The lowest BCUT2D eigenvalue weighted by Gasteiger charge is -1.97. The minimum Gasteiger partial charge on any atom is -0.346 e. The molecule has 0 unspecified atom stereocenters. The highest BCUT2D eigenvalue weighted by molar-refractivity contribution is 5.77. The molecule has 1 heterocycles. The van der Waals surface area contributed by atoms with Crippen LogP contribution in [0.1, 0.15) is 5.89 Å². The minimum absolute atomic E-state index is 0.0559. The molecule has 3 N–H and O–H groups in total. The summed E-state index contributed by atoms with van der Waals surface area (Å²) in [6.45, 7) is 0.134. The summed E-state index contributed by atoms with van der Waals surface area (Å²) >= 11 is 0. The third kappa shape index (κ3) is 2.88. The number of nitrogens with zero attached hydrogens (tertiary/aromatic N) is 2. The molecule has 6 heteroatoms. The van der Waals surface area contributed by atoms with Crippen molar-refractivity contribution in [2.24, 2.45) is 5.73 Å². The van der Waals surface area contributed by atoms with E-state index in [1.165, 1.54) is 0 Å². The summed E-state index contributed by atoms with van der Waals surface area (Å²) in [5, 5.41) is 6.37. The number of carbonyl (C=O) groups is 1. The SMILES string of the molecule is NCC(=O)NCc1nc(-c2ccccc2)no1. The van der Waals surface area contributed by atoms with Crippen LogP contribution in [0.4, 0.5) is 0 Å². The smallest absolute Gasteiger partial charge is 0.246 e. The quantitative estimate of drug-likeness (QED) is 0.791. The Balaban J connectivity index is 2.04. The first-order chi connectivity index (χ1) is 8.29. The summed E-state index contributed by atoms with van der Waals surface area (Å²) in [5.41, 5.74) is 6.02. The van der Waals surface area contributed by atoms with E-state index in [9.17, 15) is 4.79 Å². The predicted molar refractivity (Wildman–Crippen MR) is 60.6 cm³/mol. The third-order valence-electron chi connectivity index (χ3n) is 2.12. The molecule has 0 bridgehead atoms. The molecule has 0 radical (unpaired) electrons. The molecule has 0 aliphatic heterocycles. The van der Waals surface area contributed by atoms with Crippen molar-refractivity contribution in [2.45, 2.75) is 6.54 Å². The van der Waals surface area contributed by atoms with Crippen LogP contribution in [-0.4, -0.2) is 22.6 Å². The van der Waals surface area contributed by atoms with Crippen molar-refractivity contribution >= 4 is 5.91 Å². The number of hydrogen-bond acceptors (Lipinski definition) is 5. The molecule has 1 aromatic carbocycles. The van der Waals surface area contributed by atoms with Crippen LogP contribution in [0.15, 0.2) is 34.9 Å². The second-order valence-electron chi connectivity index (χ2n) is 3.36. The van der Waals surface area contributed by atoms with Gasteiger partial charge in [0.2, 0.25) is 17.6 Å². The van der Waals surface area contributed by atoms with Crippen LogP contribution < -0.4 is 11.1 Å². The van der Waals surface area contributed by atoms with Crippen LogP contribution in [0.25, 0.3) is 11.4 Å². The van der Waals surface area contributed by atoms with E-state index in [2.05, 4.69) is 15.5 Å². The molecule has 17 heavy (non-hydrogen) atoms. The van der Waals surface area contributed by atoms with E-state index in [0.717, 1.165) is 5.56 Å². The number of carbonyl (C=O) groups excluding carboxylic acids is 1. The molecule has 0 atom stereocenters. The Morgan fingerprint density at radius 2 is 2.12 bits per heavy atom. The molecule has 0 saturated carbocycles. The molecular weight excluding hydrogens is 220 g/mol. The zero-order chi connectivity index (χ0) is 12.1. The largest absolute Gasteiger partial charge is 0.346 e. The van der Waals surface area contributed by atoms with E-state index in [-0.39, 0.29) is 19.0 Å². The average molecular weight is 232 g/mol. The number of nitrogens with one attached hydrogen (secondary N) is 1. The average Bonchev–Trinajstić information content (AvgIpc) is 2.86. The maximum atomic E-state index is 10.9. The number of rotatable bonds is 4. The van der Waals surface area contributed by atoms with Crippen molar-refractivity contribution in [3.8, 4) is 11.4 Å². The Morgan fingerprint density at radius 3 is 2.82 bits per heavy atom. The van der Waals surface area contributed by atoms with Crippen molar-refractivity contribution < 1.29 is 9.32 Å². The van der Waals surface area contributed by atoms with Gasteiger partial charge in [-0.2, -0.15) is 4.98 Å². The van der Waals surface area contributed by atoms with Crippen molar-refractivity contribution in [3.05, 3.63) is 36.2 Å². The van der Waals surface area contributed by atoms with Crippen LogP contribution in [0.5, 0.6) is 0 Å². The second-order valence-corrected chi connectivity index (χ2v) is 3.36. The van der Waals surface area contributed by atoms with E-state index >= 15 is 0 Å². The van der Waals surface area contributed by atoms with Gasteiger partial charge < -0.3 is 15.6 Å². The lowest BCUT2D eigenvalue weighted by atomic mass is 10.2. The summed E-state index contributed by atoms with van der Waals surface area (Å²) in [5.74, 6) is 0.595. The maximum absolute atomic E-state index is 10.9. The molecule has 1 amide bonds. The first-order valence-electron chi connectivity index (χ1n) is 5.14. The van der Waals surface area contributed by atoms with Crippen LogP contribution >= 0.6 is 0 Å². The highest BCUT2D eigenvalue weighted by Crippen LogP contribution is 2.14. The van der Waals surface area contributed by atoms with E-state index in [1.807, 2.05) is 30.3 Å². The summed E-state index contributed by atoms with van der Waals surface area (Å²) in [7, 11) is 0. The van der Waals surface area contributed by atoms with Gasteiger partial charge >= 0.3 is 0 Å². The maximum Gasteiger partial charge on any atom is 0.246 e. The number of aromatic nitrogens is 2. The number of nitrogens with two attached hydrogens (primary N) is 1. The lowest BCUT2D eigenvalue weighted by Crippen LogP contribution is -2.29. The van der Waals surface area contributed by atoms with Gasteiger partial charge in [0.25, 0.3) is 0 Å². The normalized spacial score (nSPS) is 10.2. The van der Waals surface area contributed by atoms with Gasteiger partial charge in [-0.05, 0) is 0 Å². The molecule has 0 spiro atoms. The Bertz CT molecular complexity index is 495. The molecule has 0 aliphatic rings. The fourth-order valence-electron chi connectivity index (χ4n) is 1.28. The zero-order valence-corrected chi connectivity index (χ0v) is 9.09. The van der Waals surface area contributed by atoms with Crippen LogP contribution in [0, 0.1) is 0 Å². The van der Waals surface area contributed by atoms with Crippen LogP contribution in [-0.2, 0) is 11.3 Å². The fourth-order valence-corrected chi connectivity index (χ4v) is 1.28. The Hall–Kier alpha value is -2.21. The summed E-state index contributed by atoms with van der Waals surface area (Å²) < 4.78 is 5.00. The van der Waals surface area contributed by atoms with E-state index < -0.39 is 0 Å². The Kier molecular flexibility index (Phi) is 3.46. The van der Waals surface area contributed by atoms with Gasteiger partial charge in [-0.25, -0.2) is 0 Å². The summed E-state index contributed by atoms with van der Waals surface area (Å²) in [6, 6.07) is 9.45. The number of amides is 1. The van der Waals surface area contributed by atoms with E-state index in [1.54, 1.807) is 0 Å². The van der Waals surface area contributed by atoms with Crippen LogP contribution in [0.3, 0.4) is 0 Å². The monoisotopic (exact) mass is 232 g/mol. The van der Waals surface area contributed by atoms with Gasteiger partial charge in [-0.3, -0.25) is 4.79 Å². The first-order valence-corrected chi connectivity index (χ1v) is 5.14. The van der Waals surface area contributed by atoms with Gasteiger partial charge in [0.15, 0.2) is 0 Å². The number of hydrogen-bond donors (Lipinski definition) is 2. The van der Waals surface area contributed by atoms with E-state index in [4.69, 9.17) is 10.3 Å². The highest BCUT2D eigenvalue weighted by atomic mass is 16.5. The molecule has 88 valence electrons. The van der Waals surface area contributed by atoms with Crippen molar-refractivity contribution in [1.29, 1.82) is 0 Å². The molecule has 0 saturated heterocycles. The van der Waals surface area contributed by atoms with Gasteiger partial charge in [0.05, 0.1) is 13.1 Å². The zero-order valence-electron chi connectivity index (χ0n) is 9.09. The fraction of sp³-hybridized carbons (Fsp3) is 0.182. The molecular formula is C11H12N4O2. The topological polar surface area (TPSA) is 94.0 Å². The standard InChI is InChI=1S/C11H12N4O2/c12-6-9(16)13-7-10-14-11(15-17-10)8-4-2-1-3-5-8/h1-5H,6-7,12H2,(H,13,16). The third-order valence-corrected chi connectivity index (χ3v) is 2.12.